The first-order valence-electron chi connectivity index (χ1n) is 7.47. The van der Waals surface area contributed by atoms with Gasteiger partial charge in [-0.3, -0.25) is 4.79 Å². The van der Waals surface area contributed by atoms with Gasteiger partial charge < -0.3 is 15.4 Å². The van der Waals surface area contributed by atoms with E-state index in [-0.39, 0.29) is 11.8 Å². The van der Waals surface area contributed by atoms with E-state index in [4.69, 9.17) is 4.74 Å². The molecule has 2 N–H and O–H groups in total. The van der Waals surface area contributed by atoms with Crippen LogP contribution < -0.4 is 10.6 Å². The molecule has 0 saturated heterocycles. The molecule has 0 spiro atoms. The molecule has 1 aromatic carbocycles. The van der Waals surface area contributed by atoms with E-state index in [0.717, 1.165) is 31.6 Å². The van der Waals surface area contributed by atoms with Gasteiger partial charge >= 0.3 is 0 Å². The van der Waals surface area contributed by atoms with Gasteiger partial charge in [-0.2, -0.15) is 0 Å². The molecule has 0 bridgehead atoms. The molecule has 0 radical (unpaired) electrons. The Bertz CT molecular complexity index is 434. The Balaban J connectivity index is 1.79. The Morgan fingerprint density at radius 1 is 1.40 bits per heavy atom. The second kappa shape index (κ2) is 8.02. The van der Waals surface area contributed by atoms with Crippen molar-refractivity contribution in [3.63, 3.8) is 0 Å². The molecule has 1 amide bonds. The van der Waals surface area contributed by atoms with Crippen molar-refractivity contribution in [1.29, 1.82) is 0 Å². The fourth-order valence-electron chi connectivity index (χ4n) is 2.45. The molecule has 110 valence electrons. The molecule has 0 aliphatic carbocycles. The summed E-state index contributed by atoms with van der Waals surface area (Å²) in [6.45, 7) is 5.65. The fourth-order valence-corrected chi connectivity index (χ4v) is 2.45. The van der Waals surface area contributed by atoms with E-state index in [1.54, 1.807) is 0 Å². The average molecular weight is 276 g/mol. The number of amides is 1. The number of carbonyl (C=O) groups is 1. The molecule has 1 heterocycles. The zero-order valence-corrected chi connectivity index (χ0v) is 12.2. The lowest BCUT2D eigenvalue weighted by Gasteiger charge is -2.25. The topological polar surface area (TPSA) is 50.4 Å². The monoisotopic (exact) mass is 276 g/mol. The summed E-state index contributed by atoms with van der Waals surface area (Å²) < 4.78 is 5.45. The maximum absolute atomic E-state index is 12.2. The van der Waals surface area contributed by atoms with Gasteiger partial charge in [-0.1, -0.05) is 37.6 Å². The summed E-state index contributed by atoms with van der Waals surface area (Å²) in [5.74, 6) is -0.000617. The number of hydrogen-bond donors (Lipinski definition) is 2. The van der Waals surface area contributed by atoms with E-state index in [1.165, 1.54) is 5.56 Å². The Hall–Kier alpha value is -1.39. The van der Waals surface area contributed by atoms with Gasteiger partial charge in [-0.25, -0.2) is 0 Å². The Labute approximate surface area is 120 Å². The van der Waals surface area contributed by atoms with Gasteiger partial charge in [0.05, 0.1) is 12.5 Å². The van der Waals surface area contributed by atoms with Crippen LogP contribution >= 0.6 is 0 Å². The summed E-state index contributed by atoms with van der Waals surface area (Å²) in [6, 6.07) is 8.15. The lowest BCUT2D eigenvalue weighted by atomic mass is 9.90. The molecule has 0 fully saturated rings. The summed E-state index contributed by atoms with van der Waals surface area (Å²) in [6.07, 6.45) is 2.21. The van der Waals surface area contributed by atoms with Gasteiger partial charge in [0, 0.05) is 26.2 Å². The van der Waals surface area contributed by atoms with Crippen LogP contribution in [0, 0.1) is 0 Å². The first-order valence-corrected chi connectivity index (χ1v) is 7.47. The molecule has 4 nitrogen and oxygen atoms in total. The Kier molecular flexibility index (Phi) is 6.02. The summed E-state index contributed by atoms with van der Waals surface area (Å²) in [4.78, 5) is 12.2. The van der Waals surface area contributed by atoms with Gasteiger partial charge in [0.15, 0.2) is 0 Å². The number of hydrogen-bond acceptors (Lipinski definition) is 3. The zero-order chi connectivity index (χ0) is 14.2. The van der Waals surface area contributed by atoms with Crippen LogP contribution in [-0.2, 0) is 16.1 Å². The van der Waals surface area contributed by atoms with E-state index < -0.39 is 0 Å². The number of ether oxygens (including phenoxy) is 1. The average Bonchev–Trinajstić information content (AvgIpc) is 2.50. The minimum Gasteiger partial charge on any atom is -0.380 e. The number of carbonyl (C=O) groups excluding carboxylic acids is 1. The van der Waals surface area contributed by atoms with Gasteiger partial charge in [0.25, 0.3) is 0 Å². The number of unbranched alkanes of at least 4 members (excludes halogenated alkanes) is 1. The van der Waals surface area contributed by atoms with E-state index in [1.807, 2.05) is 12.1 Å². The van der Waals surface area contributed by atoms with E-state index in [2.05, 4.69) is 29.7 Å². The summed E-state index contributed by atoms with van der Waals surface area (Å²) in [7, 11) is 0. The Morgan fingerprint density at radius 2 is 2.25 bits per heavy atom. The highest BCUT2D eigenvalue weighted by Gasteiger charge is 2.25. The van der Waals surface area contributed by atoms with Crippen molar-refractivity contribution in [2.75, 3.05) is 26.3 Å². The molecule has 1 unspecified atom stereocenters. The van der Waals surface area contributed by atoms with Gasteiger partial charge in [-0.05, 0) is 17.5 Å². The summed E-state index contributed by atoms with van der Waals surface area (Å²) >= 11 is 0. The van der Waals surface area contributed by atoms with Crippen molar-refractivity contribution in [3.8, 4) is 0 Å². The molecule has 0 aromatic heterocycles. The quantitative estimate of drug-likeness (QED) is 0.747. The third-order valence-electron chi connectivity index (χ3n) is 3.60. The zero-order valence-electron chi connectivity index (χ0n) is 12.2. The van der Waals surface area contributed by atoms with Crippen molar-refractivity contribution >= 4 is 5.91 Å². The van der Waals surface area contributed by atoms with Crippen LogP contribution in [0.5, 0.6) is 0 Å². The lowest BCUT2D eigenvalue weighted by molar-refractivity contribution is -0.122. The van der Waals surface area contributed by atoms with Crippen LogP contribution in [0.2, 0.25) is 0 Å². The third-order valence-corrected chi connectivity index (χ3v) is 3.60. The first-order chi connectivity index (χ1) is 9.83. The minimum atomic E-state index is -0.0874. The standard InChI is InChI=1S/C16H24N2O2/c1-2-3-9-20-10-8-18-16(19)15-12-17-11-13-6-4-5-7-14(13)15/h4-7,15,17H,2-3,8-12H2,1H3,(H,18,19). The van der Waals surface area contributed by atoms with Gasteiger partial charge in [-0.15, -0.1) is 0 Å². The predicted octanol–water partition coefficient (Wildman–Crippen LogP) is 1.81. The second-order valence-corrected chi connectivity index (χ2v) is 5.14. The number of fused-ring (bicyclic) bond motifs is 1. The predicted molar refractivity (Wildman–Crippen MR) is 79.6 cm³/mol. The molecule has 20 heavy (non-hydrogen) atoms. The Morgan fingerprint density at radius 3 is 3.10 bits per heavy atom. The van der Waals surface area contributed by atoms with Gasteiger partial charge in [0.1, 0.15) is 0 Å². The van der Waals surface area contributed by atoms with Crippen molar-refractivity contribution < 1.29 is 9.53 Å². The van der Waals surface area contributed by atoms with Crippen molar-refractivity contribution in [1.82, 2.24) is 10.6 Å². The maximum Gasteiger partial charge on any atom is 0.228 e. The summed E-state index contributed by atoms with van der Waals surface area (Å²) in [5.41, 5.74) is 2.37. The first kappa shape index (κ1) is 15.0. The molecule has 2 rings (SSSR count). The molecule has 1 atom stereocenters. The van der Waals surface area contributed by atoms with Crippen LogP contribution in [0.4, 0.5) is 0 Å². The SMILES string of the molecule is CCCCOCCNC(=O)C1CNCc2ccccc21. The lowest BCUT2D eigenvalue weighted by Crippen LogP contribution is -2.39. The molecule has 1 aromatic rings. The highest BCUT2D eigenvalue weighted by Crippen LogP contribution is 2.23. The van der Waals surface area contributed by atoms with E-state index in [0.29, 0.717) is 19.7 Å². The fraction of sp³-hybridized carbons (Fsp3) is 0.562. The third kappa shape index (κ3) is 4.05. The summed E-state index contributed by atoms with van der Waals surface area (Å²) in [5, 5.41) is 6.26. The molecule has 0 saturated carbocycles. The normalized spacial score (nSPS) is 17.6. The number of rotatable bonds is 7. The largest absolute Gasteiger partial charge is 0.380 e. The molecular weight excluding hydrogens is 252 g/mol. The van der Waals surface area contributed by atoms with E-state index in [9.17, 15) is 4.79 Å². The van der Waals surface area contributed by atoms with Gasteiger partial charge in [0.2, 0.25) is 5.91 Å². The van der Waals surface area contributed by atoms with Crippen LogP contribution in [-0.4, -0.2) is 32.2 Å². The van der Waals surface area contributed by atoms with E-state index >= 15 is 0 Å². The number of nitrogens with one attached hydrogen (secondary N) is 2. The molecular formula is C16H24N2O2. The highest BCUT2D eigenvalue weighted by atomic mass is 16.5. The van der Waals surface area contributed by atoms with Crippen molar-refractivity contribution in [2.24, 2.45) is 0 Å². The molecule has 1 aliphatic heterocycles. The molecule has 1 aliphatic rings. The minimum absolute atomic E-state index is 0.0868. The smallest absolute Gasteiger partial charge is 0.228 e. The van der Waals surface area contributed by atoms with Crippen LogP contribution in [0.25, 0.3) is 0 Å². The molecule has 4 heteroatoms. The van der Waals surface area contributed by atoms with Crippen LogP contribution in [0.15, 0.2) is 24.3 Å². The van der Waals surface area contributed by atoms with Crippen molar-refractivity contribution in [3.05, 3.63) is 35.4 Å². The second-order valence-electron chi connectivity index (χ2n) is 5.14. The maximum atomic E-state index is 12.2. The van der Waals surface area contributed by atoms with Crippen LogP contribution in [0.1, 0.15) is 36.8 Å². The van der Waals surface area contributed by atoms with Crippen LogP contribution in [0.3, 0.4) is 0 Å². The van der Waals surface area contributed by atoms with Crippen molar-refractivity contribution in [2.45, 2.75) is 32.2 Å². The highest BCUT2D eigenvalue weighted by molar-refractivity contribution is 5.84. The number of benzene rings is 1.